The Morgan fingerprint density at radius 3 is 2.00 bits per heavy atom. The van der Waals surface area contributed by atoms with Gasteiger partial charge in [0.2, 0.25) is 0 Å². The first-order chi connectivity index (χ1) is 8.20. The second-order valence-electron chi connectivity index (χ2n) is 4.92. The van der Waals surface area contributed by atoms with Gasteiger partial charge in [0.05, 0.1) is 6.10 Å². The molecule has 1 atom stereocenters. The third-order valence-corrected chi connectivity index (χ3v) is 3.47. The van der Waals surface area contributed by atoms with E-state index in [0.29, 0.717) is 6.10 Å². The number of thiocarbonyl (C=S) groups is 1. The summed E-state index contributed by atoms with van der Waals surface area (Å²) in [5.41, 5.74) is 0. The highest BCUT2D eigenvalue weighted by molar-refractivity contribution is 7.80. The highest BCUT2D eigenvalue weighted by Crippen LogP contribution is 2.12. The van der Waals surface area contributed by atoms with E-state index in [2.05, 4.69) is 13.8 Å². The Labute approximate surface area is 113 Å². The van der Waals surface area contributed by atoms with Gasteiger partial charge in [0.25, 0.3) is 0 Å². The highest BCUT2D eigenvalue weighted by atomic mass is 32.1. The molecule has 0 aliphatic heterocycles. The van der Waals surface area contributed by atoms with Crippen molar-refractivity contribution in [2.45, 2.75) is 91.1 Å². The van der Waals surface area contributed by atoms with Crippen LogP contribution in [0.15, 0.2) is 0 Å². The van der Waals surface area contributed by atoms with Gasteiger partial charge >= 0.3 is 0 Å². The van der Waals surface area contributed by atoms with Gasteiger partial charge < -0.3 is 4.74 Å². The predicted octanol–water partition coefficient (Wildman–Crippen LogP) is 5.66. The summed E-state index contributed by atoms with van der Waals surface area (Å²) in [4.78, 5) is 0. The van der Waals surface area contributed by atoms with E-state index < -0.39 is 0 Å². The minimum atomic E-state index is 0.308. The summed E-state index contributed by atoms with van der Waals surface area (Å²) in [7, 11) is 0. The lowest BCUT2D eigenvalue weighted by atomic mass is 10.1. The Morgan fingerprint density at radius 2 is 1.47 bits per heavy atom. The molecule has 0 saturated carbocycles. The minimum absolute atomic E-state index is 0.308. The molecule has 1 unspecified atom stereocenters. The third kappa shape index (κ3) is 12.1. The maximum Gasteiger partial charge on any atom is 0.159 e. The summed E-state index contributed by atoms with van der Waals surface area (Å²) in [6.07, 6.45) is 13.3. The maximum absolute atomic E-state index is 5.59. The molecule has 0 N–H and O–H groups in total. The molecule has 0 heterocycles. The predicted molar refractivity (Wildman–Crippen MR) is 80.7 cm³/mol. The first-order valence-electron chi connectivity index (χ1n) is 7.40. The van der Waals surface area contributed by atoms with Crippen LogP contribution in [0.3, 0.4) is 0 Å². The van der Waals surface area contributed by atoms with Crippen LogP contribution in [0.1, 0.15) is 85.0 Å². The topological polar surface area (TPSA) is 9.23 Å². The molecular formula is C15H30OS. The van der Waals surface area contributed by atoms with Crippen LogP contribution >= 0.6 is 12.2 Å². The number of unbranched alkanes of at least 4 members (excludes halogenated alkanes) is 7. The van der Waals surface area contributed by atoms with Crippen LogP contribution in [-0.4, -0.2) is 11.2 Å². The molecule has 0 aliphatic carbocycles. The quantitative estimate of drug-likeness (QED) is 0.349. The molecule has 0 spiro atoms. The monoisotopic (exact) mass is 258 g/mol. The summed E-state index contributed by atoms with van der Waals surface area (Å²) in [5, 5.41) is 0.761. The molecule has 0 rings (SSSR count). The molecule has 1 nitrogen and oxygen atoms in total. The molecule has 0 aromatic rings. The Balaban J connectivity index is 3.19. The van der Waals surface area contributed by atoms with Gasteiger partial charge in [-0.15, -0.1) is 0 Å². The van der Waals surface area contributed by atoms with Gasteiger partial charge in [-0.05, 0) is 32.0 Å². The summed E-state index contributed by atoms with van der Waals surface area (Å²) >= 11 is 5.07. The lowest BCUT2D eigenvalue weighted by molar-refractivity contribution is 0.194. The minimum Gasteiger partial charge on any atom is -0.484 e. The maximum atomic E-state index is 5.59. The van der Waals surface area contributed by atoms with Gasteiger partial charge in [0.1, 0.15) is 0 Å². The smallest absolute Gasteiger partial charge is 0.159 e. The fraction of sp³-hybridized carbons (Fsp3) is 0.933. The molecule has 102 valence electrons. The molecule has 0 radical (unpaired) electrons. The molecule has 0 fully saturated rings. The van der Waals surface area contributed by atoms with E-state index in [1.807, 2.05) is 6.92 Å². The van der Waals surface area contributed by atoms with Gasteiger partial charge in [-0.2, -0.15) is 0 Å². The number of ether oxygens (including phenoxy) is 1. The molecule has 0 aromatic carbocycles. The van der Waals surface area contributed by atoms with E-state index in [4.69, 9.17) is 17.0 Å². The Bertz CT molecular complexity index is 180. The third-order valence-electron chi connectivity index (χ3n) is 3.09. The summed E-state index contributed by atoms with van der Waals surface area (Å²) in [5.74, 6) is 0. The van der Waals surface area contributed by atoms with Crippen LogP contribution in [0.5, 0.6) is 0 Å². The number of hydrogen-bond acceptors (Lipinski definition) is 2. The Kier molecular flexibility index (Phi) is 12.3. The van der Waals surface area contributed by atoms with Crippen molar-refractivity contribution in [2.24, 2.45) is 0 Å². The van der Waals surface area contributed by atoms with Crippen molar-refractivity contribution in [1.82, 2.24) is 0 Å². The van der Waals surface area contributed by atoms with Gasteiger partial charge in [0, 0.05) is 6.42 Å². The fourth-order valence-electron chi connectivity index (χ4n) is 1.93. The lowest BCUT2D eigenvalue weighted by Crippen LogP contribution is -2.12. The SMILES string of the molecule is CCCCCCCCCCC(C)OC(=S)CC. The van der Waals surface area contributed by atoms with Crippen LogP contribution in [-0.2, 0) is 4.74 Å². The van der Waals surface area contributed by atoms with Crippen LogP contribution in [0.25, 0.3) is 0 Å². The van der Waals surface area contributed by atoms with Gasteiger partial charge in [-0.25, -0.2) is 0 Å². The van der Waals surface area contributed by atoms with Crippen LogP contribution in [0, 0.1) is 0 Å². The standard InChI is InChI=1S/C15H30OS/c1-4-6-7-8-9-10-11-12-13-14(3)16-15(17)5-2/h14H,4-13H2,1-3H3. The first-order valence-corrected chi connectivity index (χ1v) is 7.81. The normalized spacial score (nSPS) is 12.4. The van der Waals surface area contributed by atoms with E-state index in [-0.39, 0.29) is 0 Å². The summed E-state index contributed by atoms with van der Waals surface area (Å²) in [6, 6.07) is 0. The zero-order valence-electron chi connectivity index (χ0n) is 12.0. The van der Waals surface area contributed by atoms with Gasteiger partial charge in [-0.1, -0.05) is 58.8 Å². The van der Waals surface area contributed by atoms with Crippen LogP contribution < -0.4 is 0 Å². The van der Waals surface area contributed by atoms with Crippen molar-refractivity contribution in [3.8, 4) is 0 Å². The molecule has 0 amide bonds. The number of rotatable bonds is 11. The van der Waals surface area contributed by atoms with Crippen molar-refractivity contribution < 1.29 is 4.74 Å². The van der Waals surface area contributed by atoms with E-state index in [1.165, 1.54) is 51.4 Å². The Hall–Kier alpha value is -0.110. The van der Waals surface area contributed by atoms with E-state index in [0.717, 1.165) is 17.9 Å². The van der Waals surface area contributed by atoms with Gasteiger partial charge in [0.15, 0.2) is 5.05 Å². The van der Waals surface area contributed by atoms with Crippen molar-refractivity contribution in [1.29, 1.82) is 0 Å². The average Bonchev–Trinajstić information content (AvgIpc) is 2.32. The molecule has 0 bridgehead atoms. The van der Waals surface area contributed by atoms with Gasteiger partial charge in [-0.3, -0.25) is 0 Å². The Morgan fingerprint density at radius 1 is 0.941 bits per heavy atom. The summed E-state index contributed by atoms with van der Waals surface area (Å²) in [6.45, 7) is 6.44. The zero-order valence-corrected chi connectivity index (χ0v) is 12.8. The first kappa shape index (κ1) is 16.9. The average molecular weight is 258 g/mol. The zero-order chi connectivity index (χ0) is 12.9. The molecule has 2 heteroatoms. The second kappa shape index (κ2) is 12.3. The molecule has 0 aromatic heterocycles. The fourth-order valence-corrected chi connectivity index (χ4v) is 2.10. The van der Waals surface area contributed by atoms with Crippen molar-refractivity contribution in [3.63, 3.8) is 0 Å². The molecular weight excluding hydrogens is 228 g/mol. The molecule has 17 heavy (non-hydrogen) atoms. The van der Waals surface area contributed by atoms with Crippen molar-refractivity contribution in [3.05, 3.63) is 0 Å². The van der Waals surface area contributed by atoms with E-state index in [9.17, 15) is 0 Å². The van der Waals surface area contributed by atoms with E-state index >= 15 is 0 Å². The molecule has 0 saturated heterocycles. The number of hydrogen-bond donors (Lipinski definition) is 0. The lowest BCUT2D eigenvalue weighted by Gasteiger charge is -2.14. The van der Waals surface area contributed by atoms with Crippen LogP contribution in [0.2, 0.25) is 0 Å². The van der Waals surface area contributed by atoms with E-state index in [1.54, 1.807) is 0 Å². The second-order valence-corrected chi connectivity index (χ2v) is 5.37. The van der Waals surface area contributed by atoms with Crippen LogP contribution in [0.4, 0.5) is 0 Å². The molecule has 0 aliphatic rings. The summed E-state index contributed by atoms with van der Waals surface area (Å²) < 4.78 is 5.59. The van der Waals surface area contributed by atoms with Crippen molar-refractivity contribution in [2.75, 3.05) is 0 Å². The highest BCUT2D eigenvalue weighted by Gasteiger charge is 2.04. The largest absolute Gasteiger partial charge is 0.484 e. The van der Waals surface area contributed by atoms with Crippen molar-refractivity contribution >= 4 is 17.3 Å².